The first-order valence-corrected chi connectivity index (χ1v) is 4.03. The third-order valence-electron chi connectivity index (χ3n) is 2.74. The van der Waals surface area contributed by atoms with Gasteiger partial charge in [0, 0.05) is 25.4 Å². The summed E-state index contributed by atoms with van der Waals surface area (Å²) in [6.07, 6.45) is 4.95. The minimum Gasteiger partial charge on any atom is -0.384 e. The number of ketones is 1. The number of allylic oxidation sites excluding steroid dienone is 2. The van der Waals surface area contributed by atoms with Crippen molar-refractivity contribution < 1.29 is 9.53 Å². The molecule has 0 aliphatic heterocycles. The van der Waals surface area contributed by atoms with Gasteiger partial charge in [0.1, 0.15) is 5.78 Å². The van der Waals surface area contributed by atoms with Gasteiger partial charge >= 0.3 is 0 Å². The summed E-state index contributed by atoms with van der Waals surface area (Å²) in [7, 11) is 1.70. The van der Waals surface area contributed by atoms with Gasteiger partial charge < -0.3 is 4.74 Å². The maximum Gasteiger partial charge on any atom is 0.140 e. The highest BCUT2D eigenvalue weighted by Gasteiger charge is 2.43. The van der Waals surface area contributed by atoms with Crippen LogP contribution >= 0.6 is 0 Å². The van der Waals surface area contributed by atoms with Gasteiger partial charge in [-0.2, -0.15) is 0 Å². The van der Waals surface area contributed by atoms with Crippen LogP contribution in [0.3, 0.4) is 0 Å². The predicted octanol–water partition coefficient (Wildman–Crippen LogP) is 1.02. The van der Waals surface area contributed by atoms with Crippen molar-refractivity contribution in [1.29, 1.82) is 0 Å². The molecule has 3 unspecified atom stereocenters. The first-order chi connectivity index (χ1) is 5.33. The molecule has 2 bridgehead atoms. The van der Waals surface area contributed by atoms with Crippen molar-refractivity contribution in [3.63, 3.8) is 0 Å². The number of Topliss-reactive ketones (excluding diaryl/α,β-unsaturated/α-hetero) is 1. The Hall–Kier alpha value is -0.630. The largest absolute Gasteiger partial charge is 0.384 e. The Kier molecular flexibility index (Phi) is 1.57. The summed E-state index contributed by atoms with van der Waals surface area (Å²) >= 11 is 0. The van der Waals surface area contributed by atoms with Crippen LogP contribution in [0.15, 0.2) is 12.2 Å². The molecule has 2 aliphatic rings. The number of rotatable bonds is 2. The second kappa shape index (κ2) is 2.45. The van der Waals surface area contributed by atoms with Gasteiger partial charge in [0.05, 0.1) is 6.61 Å². The van der Waals surface area contributed by atoms with Crippen LogP contribution < -0.4 is 0 Å². The van der Waals surface area contributed by atoms with Gasteiger partial charge in [-0.1, -0.05) is 12.2 Å². The summed E-state index contributed by atoms with van der Waals surface area (Å²) in [5, 5.41) is 0. The zero-order chi connectivity index (χ0) is 7.84. The Morgan fingerprint density at radius 2 is 2.45 bits per heavy atom. The second-order valence-corrected chi connectivity index (χ2v) is 3.36. The van der Waals surface area contributed by atoms with Crippen LogP contribution in [0.25, 0.3) is 0 Å². The Labute approximate surface area is 66.2 Å². The molecule has 60 valence electrons. The monoisotopic (exact) mass is 152 g/mol. The summed E-state index contributed by atoms with van der Waals surface area (Å²) in [5.74, 6) is 1.51. The maximum absolute atomic E-state index is 11.2. The van der Waals surface area contributed by atoms with Crippen molar-refractivity contribution >= 4 is 5.78 Å². The predicted molar refractivity (Wildman–Crippen MR) is 41.1 cm³/mol. The molecule has 0 radical (unpaired) electrons. The number of ether oxygens (including phenoxy) is 1. The number of hydrogen-bond acceptors (Lipinski definition) is 2. The van der Waals surface area contributed by atoms with Crippen molar-refractivity contribution in [1.82, 2.24) is 0 Å². The zero-order valence-corrected chi connectivity index (χ0v) is 6.62. The molecule has 2 aliphatic carbocycles. The highest BCUT2D eigenvalue weighted by atomic mass is 16.5. The van der Waals surface area contributed by atoms with Crippen LogP contribution in [-0.4, -0.2) is 19.5 Å². The standard InChI is InChI=1S/C9H12O2/c1-11-5-8-6-2-3-7(8)9(10)4-6/h2-3,6-8H,4-5H2,1H3. The van der Waals surface area contributed by atoms with E-state index in [1.807, 2.05) is 6.08 Å². The van der Waals surface area contributed by atoms with E-state index in [4.69, 9.17) is 4.74 Å². The summed E-state index contributed by atoms with van der Waals surface area (Å²) in [6, 6.07) is 0. The lowest BCUT2D eigenvalue weighted by molar-refractivity contribution is -0.120. The molecule has 2 nitrogen and oxygen atoms in total. The topological polar surface area (TPSA) is 26.3 Å². The number of fused-ring (bicyclic) bond motifs is 2. The van der Waals surface area contributed by atoms with Gasteiger partial charge in [-0.25, -0.2) is 0 Å². The van der Waals surface area contributed by atoms with Gasteiger partial charge in [-0.3, -0.25) is 4.79 Å². The van der Waals surface area contributed by atoms with E-state index in [1.165, 1.54) is 0 Å². The van der Waals surface area contributed by atoms with E-state index in [0.29, 0.717) is 17.6 Å². The Morgan fingerprint density at radius 3 is 2.91 bits per heavy atom. The number of methoxy groups -OCH3 is 1. The third kappa shape index (κ3) is 0.932. The molecule has 0 aromatic carbocycles. The fourth-order valence-corrected chi connectivity index (χ4v) is 2.17. The van der Waals surface area contributed by atoms with Gasteiger partial charge in [0.2, 0.25) is 0 Å². The fraction of sp³-hybridized carbons (Fsp3) is 0.667. The van der Waals surface area contributed by atoms with E-state index < -0.39 is 0 Å². The van der Waals surface area contributed by atoms with Crippen molar-refractivity contribution in [2.45, 2.75) is 6.42 Å². The smallest absolute Gasteiger partial charge is 0.140 e. The van der Waals surface area contributed by atoms with Gasteiger partial charge in [-0.15, -0.1) is 0 Å². The molecule has 1 saturated carbocycles. The highest BCUT2D eigenvalue weighted by molar-refractivity contribution is 5.87. The second-order valence-electron chi connectivity index (χ2n) is 3.36. The SMILES string of the molecule is COCC1C2C=CC1C(=O)C2. The Morgan fingerprint density at radius 1 is 1.64 bits per heavy atom. The van der Waals surface area contributed by atoms with Crippen molar-refractivity contribution in [3.8, 4) is 0 Å². The molecule has 1 fully saturated rings. The lowest BCUT2D eigenvalue weighted by atomic mass is 9.98. The molecule has 2 rings (SSSR count). The van der Waals surface area contributed by atoms with Crippen LogP contribution in [0.2, 0.25) is 0 Å². The highest BCUT2D eigenvalue weighted by Crippen LogP contribution is 2.41. The van der Waals surface area contributed by atoms with E-state index >= 15 is 0 Å². The zero-order valence-electron chi connectivity index (χ0n) is 6.62. The lowest BCUT2D eigenvalue weighted by Crippen LogP contribution is -2.15. The van der Waals surface area contributed by atoms with Crippen molar-refractivity contribution in [3.05, 3.63) is 12.2 Å². The van der Waals surface area contributed by atoms with Crippen LogP contribution in [0, 0.1) is 17.8 Å². The van der Waals surface area contributed by atoms with E-state index in [1.54, 1.807) is 7.11 Å². The Balaban J connectivity index is 2.11. The third-order valence-corrected chi connectivity index (χ3v) is 2.74. The maximum atomic E-state index is 11.2. The van der Waals surface area contributed by atoms with Crippen LogP contribution in [0.4, 0.5) is 0 Å². The fourth-order valence-electron chi connectivity index (χ4n) is 2.17. The summed E-state index contributed by atoms with van der Waals surface area (Å²) in [6.45, 7) is 0.730. The molecule has 11 heavy (non-hydrogen) atoms. The molecule has 0 N–H and O–H groups in total. The molecule has 0 spiro atoms. The quantitative estimate of drug-likeness (QED) is 0.552. The average Bonchev–Trinajstić information content (AvgIpc) is 2.46. The lowest BCUT2D eigenvalue weighted by Gasteiger charge is -2.11. The molecule has 0 aromatic heterocycles. The number of hydrogen-bond donors (Lipinski definition) is 0. The number of carbonyl (C=O) groups excluding carboxylic acids is 1. The Bertz CT molecular complexity index is 208. The molecular formula is C9H12O2. The molecule has 0 saturated heterocycles. The van der Waals surface area contributed by atoms with Gasteiger partial charge in [-0.05, 0) is 5.92 Å². The van der Waals surface area contributed by atoms with E-state index in [9.17, 15) is 4.79 Å². The molecule has 0 amide bonds. The summed E-state index contributed by atoms with van der Waals surface area (Å²) in [5.41, 5.74) is 0. The van der Waals surface area contributed by atoms with Crippen molar-refractivity contribution in [2.75, 3.05) is 13.7 Å². The normalized spacial score (nSPS) is 40.5. The number of carbonyl (C=O) groups is 1. The summed E-state index contributed by atoms with van der Waals surface area (Å²) < 4.78 is 5.06. The van der Waals surface area contributed by atoms with Crippen LogP contribution in [0.1, 0.15) is 6.42 Å². The van der Waals surface area contributed by atoms with Gasteiger partial charge in [0.15, 0.2) is 0 Å². The molecule has 0 aromatic rings. The molecule has 3 atom stereocenters. The van der Waals surface area contributed by atoms with E-state index in [-0.39, 0.29) is 5.92 Å². The van der Waals surface area contributed by atoms with Crippen molar-refractivity contribution in [2.24, 2.45) is 17.8 Å². The van der Waals surface area contributed by atoms with Crippen LogP contribution in [0.5, 0.6) is 0 Å². The first-order valence-electron chi connectivity index (χ1n) is 4.03. The van der Waals surface area contributed by atoms with Gasteiger partial charge in [0.25, 0.3) is 0 Å². The van der Waals surface area contributed by atoms with Crippen LogP contribution in [-0.2, 0) is 9.53 Å². The minimum atomic E-state index is 0.181. The molecule has 2 heteroatoms. The van der Waals surface area contributed by atoms with E-state index in [0.717, 1.165) is 13.0 Å². The minimum absolute atomic E-state index is 0.181. The first kappa shape index (κ1) is 7.04. The average molecular weight is 152 g/mol. The molecular weight excluding hydrogens is 140 g/mol. The summed E-state index contributed by atoms with van der Waals surface area (Å²) in [4.78, 5) is 11.2. The molecule has 0 heterocycles. The van der Waals surface area contributed by atoms with E-state index in [2.05, 4.69) is 6.08 Å².